The topological polar surface area (TPSA) is 51.0 Å². The molecule has 0 aromatic carbocycles. The maximum absolute atomic E-state index is 5.26. The van der Waals surface area contributed by atoms with E-state index in [4.69, 9.17) is 4.74 Å². The Morgan fingerprint density at radius 2 is 1.24 bits per heavy atom. The highest BCUT2D eigenvalue weighted by Gasteiger charge is 2.31. The molecule has 3 heterocycles. The highest BCUT2D eigenvalue weighted by Crippen LogP contribution is 2.44. The van der Waals surface area contributed by atoms with Gasteiger partial charge in [0.1, 0.15) is 7.05 Å². The summed E-state index contributed by atoms with van der Waals surface area (Å²) >= 11 is 0. The molecule has 3 rings (SSSR count). The SMILES string of the molecule is CCC(C)CN=P(c1ccccn1)(c1ccccn1)c1ccccn1. The van der Waals surface area contributed by atoms with E-state index in [-0.39, 0.29) is 0 Å². The Morgan fingerprint density at radius 1 is 0.800 bits per heavy atom. The van der Waals surface area contributed by atoms with E-state index in [1.807, 2.05) is 55.0 Å². The van der Waals surface area contributed by atoms with E-state index >= 15 is 0 Å². The minimum Gasteiger partial charge on any atom is -0.285 e. The van der Waals surface area contributed by atoms with E-state index in [0.717, 1.165) is 29.3 Å². The van der Waals surface area contributed by atoms with Gasteiger partial charge < -0.3 is 0 Å². The Hall–Kier alpha value is -2.32. The van der Waals surface area contributed by atoms with E-state index in [9.17, 15) is 0 Å². The summed E-state index contributed by atoms with van der Waals surface area (Å²) < 4.78 is 5.26. The van der Waals surface area contributed by atoms with E-state index in [2.05, 4.69) is 47.0 Å². The lowest BCUT2D eigenvalue weighted by atomic mass is 10.1. The van der Waals surface area contributed by atoms with Gasteiger partial charge in [-0.3, -0.25) is 19.7 Å². The van der Waals surface area contributed by atoms with Crippen molar-refractivity contribution in [3.05, 3.63) is 73.2 Å². The van der Waals surface area contributed by atoms with Gasteiger partial charge in [0.2, 0.25) is 0 Å². The first-order chi connectivity index (χ1) is 12.3. The lowest BCUT2D eigenvalue weighted by Gasteiger charge is -2.24. The van der Waals surface area contributed by atoms with Gasteiger partial charge in [0.05, 0.1) is 16.3 Å². The quantitative estimate of drug-likeness (QED) is 0.640. The standard InChI is InChI=1S/C20H23N4P/c1-3-17(2)16-24-25(18-10-4-7-13-21-18,19-11-5-8-14-22-19)20-12-6-9-15-23-20/h4-15,17H,3,16H2,1-2H3. The zero-order valence-electron chi connectivity index (χ0n) is 14.7. The van der Waals surface area contributed by atoms with Crippen molar-refractivity contribution in [2.75, 3.05) is 6.54 Å². The number of nitrogens with zero attached hydrogens (tertiary/aromatic N) is 4. The minimum atomic E-state index is -2.33. The molecule has 0 aliphatic carbocycles. The zero-order valence-corrected chi connectivity index (χ0v) is 15.6. The fraction of sp³-hybridized carbons (Fsp3) is 0.250. The summed E-state index contributed by atoms with van der Waals surface area (Å²) in [5, 5.41) is 0. The summed E-state index contributed by atoms with van der Waals surface area (Å²) in [6.07, 6.45) is 6.58. The van der Waals surface area contributed by atoms with Gasteiger partial charge in [-0.2, -0.15) is 0 Å². The molecule has 0 spiro atoms. The van der Waals surface area contributed by atoms with Gasteiger partial charge in [-0.15, -0.1) is 0 Å². The zero-order chi connectivity index (χ0) is 17.5. The first kappa shape index (κ1) is 17.5. The van der Waals surface area contributed by atoms with Gasteiger partial charge in [-0.05, 0) is 42.3 Å². The minimum absolute atomic E-state index is 0.510. The van der Waals surface area contributed by atoms with Gasteiger partial charge in [0.25, 0.3) is 0 Å². The summed E-state index contributed by atoms with van der Waals surface area (Å²) in [7, 11) is -2.33. The second kappa shape index (κ2) is 8.17. The third kappa shape index (κ3) is 3.69. The number of pyridine rings is 3. The number of aromatic nitrogens is 3. The first-order valence-corrected chi connectivity index (χ1v) is 10.3. The molecule has 0 fully saturated rings. The van der Waals surface area contributed by atoms with Crippen LogP contribution in [0, 0.1) is 5.92 Å². The number of rotatable bonds is 6. The molecule has 0 N–H and O–H groups in total. The monoisotopic (exact) mass is 350 g/mol. The lowest BCUT2D eigenvalue weighted by Crippen LogP contribution is -2.30. The van der Waals surface area contributed by atoms with E-state index in [1.54, 1.807) is 0 Å². The van der Waals surface area contributed by atoms with Crippen LogP contribution in [-0.2, 0) is 0 Å². The van der Waals surface area contributed by atoms with Crippen molar-refractivity contribution in [2.24, 2.45) is 10.7 Å². The molecule has 0 saturated carbocycles. The molecule has 128 valence electrons. The summed E-state index contributed by atoms with van der Waals surface area (Å²) in [6.45, 7) is 5.20. The maximum Gasteiger partial charge on any atom is 0.107 e. The van der Waals surface area contributed by atoms with Crippen LogP contribution in [0.4, 0.5) is 0 Å². The molecule has 0 amide bonds. The Balaban J connectivity index is 2.32. The molecule has 1 atom stereocenters. The molecule has 3 aromatic rings. The van der Waals surface area contributed by atoms with Crippen molar-refractivity contribution in [3.63, 3.8) is 0 Å². The van der Waals surface area contributed by atoms with E-state index < -0.39 is 7.05 Å². The van der Waals surface area contributed by atoms with Gasteiger partial charge in [0.15, 0.2) is 0 Å². The van der Waals surface area contributed by atoms with Gasteiger partial charge in [-0.25, -0.2) is 0 Å². The fourth-order valence-electron chi connectivity index (χ4n) is 2.60. The van der Waals surface area contributed by atoms with Crippen LogP contribution < -0.4 is 16.3 Å². The lowest BCUT2D eigenvalue weighted by molar-refractivity contribution is 0.579. The second-order valence-electron chi connectivity index (χ2n) is 6.04. The van der Waals surface area contributed by atoms with Crippen LogP contribution in [0.5, 0.6) is 0 Å². The molecule has 3 aromatic heterocycles. The third-order valence-electron chi connectivity index (χ3n) is 4.24. The van der Waals surface area contributed by atoms with Gasteiger partial charge in [-0.1, -0.05) is 38.5 Å². The fourth-order valence-corrected chi connectivity index (χ4v) is 5.87. The third-order valence-corrected chi connectivity index (χ3v) is 7.62. The largest absolute Gasteiger partial charge is 0.285 e. The maximum atomic E-state index is 5.26. The Kier molecular flexibility index (Phi) is 5.72. The van der Waals surface area contributed by atoms with Crippen LogP contribution in [0.2, 0.25) is 0 Å². The highest BCUT2D eigenvalue weighted by atomic mass is 31.2. The number of hydrogen-bond donors (Lipinski definition) is 0. The molecule has 1 unspecified atom stereocenters. The predicted molar refractivity (Wildman–Crippen MR) is 105 cm³/mol. The van der Waals surface area contributed by atoms with Crippen molar-refractivity contribution in [3.8, 4) is 0 Å². The average Bonchev–Trinajstić information content (AvgIpc) is 2.71. The van der Waals surface area contributed by atoms with E-state index in [0.29, 0.717) is 5.92 Å². The van der Waals surface area contributed by atoms with Crippen LogP contribution in [-0.4, -0.2) is 21.5 Å². The van der Waals surface area contributed by atoms with Crippen LogP contribution in [0.15, 0.2) is 77.9 Å². The second-order valence-corrected chi connectivity index (χ2v) is 8.96. The number of hydrogen-bond acceptors (Lipinski definition) is 4. The molecule has 25 heavy (non-hydrogen) atoms. The molecular formula is C20H23N4P. The molecule has 0 saturated heterocycles. The smallest absolute Gasteiger partial charge is 0.107 e. The van der Waals surface area contributed by atoms with Crippen LogP contribution >= 0.6 is 7.05 Å². The highest BCUT2D eigenvalue weighted by molar-refractivity contribution is 7.86. The molecule has 4 nitrogen and oxygen atoms in total. The van der Waals surface area contributed by atoms with Gasteiger partial charge >= 0.3 is 0 Å². The molecule has 0 aliphatic heterocycles. The normalized spacial score (nSPS) is 12.6. The molecule has 5 heteroatoms. The Bertz CT molecular complexity index is 732. The summed E-state index contributed by atoms with van der Waals surface area (Å²) in [6, 6.07) is 18.0. The van der Waals surface area contributed by atoms with Gasteiger partial charge in [0, 0.05) is 25.1 Å². The summed E-state index contributed by atoms with van der Waals surface area (Å²) in [5.41, 5.74) is 2.86. The van der Waals surface area contributed by atoms with Crippen LogP contribution in [0.3, 0.4) is 0 Å². The van der Waals surface area contributed by atoms with Crippen molar-refractivity contribution in [2.45, 2.75) is 20.3 Å². The van der Waals surface area contributed by atoms with Crippen molar-refractivity contribution in [1.82, 2.24) is 15.0 Å². The predicted octanol–water partition coefficient (Wildman–Crippen LogP) is 3.40. The summed E-state index contributed by atoms with van der Waals surface area (Å²) in [5.74, 6) is 0.510. The first-order valence-electron chi connectivity index (χ1n) is 8.60. The van der Waals surface area contributed by atoms with Crippen LogP contribution in [0.1, 0.15) is 20.3 Å². The summed E-state index contributed by atoms with van der Waals surface area (Å²) in [4.78, 5) is 14.1. The van der Waals surface area contributed by atoms with Crippen molar-refractivity contribution >= 4 is 23.4 Å². The van der Waals surface area contributed by atoms with Crippen molar-refractivity contribution in [1.29, 1.82) is 0 Å². The van der Waals surface area contributed by atoms with E-state index in [1.165, 1.54) is 0 Å². The Labute approximate surface area is 149 Å². The molecule has 0 bridgehead atoms. The Morgan fingerprint density at radius 3 is 1.56 bits per heavy atom. The molecule has 0 aliphatic rings. The van der Waals surface area contributed by atoms with Crippen molar-refractivity contribution < 1.29 is 0 Å². The molecule has 0 radical (unpaired) electrons. The molecular weight excluding hydrogens is 327 g/mol. The van der Waals surface area contributed by atoms with Crippen LogP contribution in [0.25, 0.3) is 0 Å². The average molecular weight is 350 g/mol.